The molecule has 0 aliphatic rings. The third-order valence-corrected chi connectivity index (χ3v) is 3.77. The molecule has 130 valence electrons. The maximum absolute atomic E-state index is 12.1. The van der Waals surface area contributed by atoms with Crippen molar-refractivity contribution in [3.05, 3.63) is 90.0 Å². The molecule has 5 heteroatoms. The zero-order chi connectivity index (χ0) is 18.4. The highest BCUT2D eigenvalue weighted by molar-refractivity contribution is 6.04. The highest BCUT2D eigenvalue weighted by Gasteiger charge is 2.06. The number of hydrogen-bond acceptors (Lipinski definition) is 4. The van der Waals surface area contributed by atoms with Gasteiger partial charge in [-0.3, -0.25) is 4.79 Å². The van der Waals surface area contributed by atoms with E-state index in [1.165, 1.54) is 7.11 Å². The van der Waals surface area contributed by atoms with E-state index in [9.17, 15) is 9.59 Å². The number of carbonyl (C=O) groups is 2. The van der Waals surface area contributed by atoms with Crippen LogP contribution in [0.3, 0.4) is 0 Å². The number of carbonyl (C=O) groups excluding carboxylic acids is 2. The monoisotopic (exact) mass is 346 g/mol. The summed E-state index contributed by atoms with van der Waals surface area (Å²) < 4.78 is 4.68. The van der Waals surface area contributed by atoms with Gasteiger partial charge >= 0.3 is 5.97 Å². The zero-order valence-electron chi connectivity index (χ0n) is 14.2. The first-order chi connectivity index (χ1) is 12.7. The summed E-state index contributed by atoms with van der Waals surface area (Å²) in [7, 11) is 1.35. The first-order valence-electron chi connectivity index (χ1n) is 8.07. The van der Waals surface area contributed by atoms with Crippen molar-refractivity contribution in [3.8, 4) is 0 Å². The smallest absolute Gasteiger partial charge is 0.337 e. The summed E-state index contributed by atoms with van der Waals surface area (Å²) in [4.78, 5) is 23.6. The highest BCUT2D eigenvalue weighted by atomic mass is 16.5. The summed E-state index contributed by atoms with van der Waals surface area (Å²) in [6.07, 6.45) is 0. The van der Waals surface area contributed by atoms with Crippen LogP contribution in [-0.4, -0.2) is 19.0 Å². The van der Waals surface area contributed by atoms with Crippen molar-refractivity contribution in [2.45, 2.75) is 0 Å². The van der Waals surface area contributed by atoms with Crippen molar-refractivity contribution in [1.82, 2.24) is 0 Å². The van der Waals surface area contributed by atoms with Gasteiger partial charge in [0.1, 0.15) is 0 Å². The van der Waals surface area contributed by atoms with Crippen LogP contribution in [0, 0.1) is 0 Å². The van der Waals surface area contributed by atoms with Gasteiger partial charge in [-0.2, -0.15) is 0 Å². The molecule has 0 heterocycles. The molecular weight excluding hydrogens is 328 g/mol. The van der Waals surface area contributed by atoms with Crippen LogP contribution in [0.25, 0.3) is 0 Å². The third kappa shape index (κ3) is 4.27. The summed E-state index contributed by atoms with van der Waals surface area (Å²) in [6.45, 7) is 0. The molecule has 0 aromatic heterocycles. The van der Waals surface area contributed by atoms with Crippen LogP contribution >= 0.6 is 0 Å². The van der Waals surface area contributed by atoms with Gasteiger partial charge in [0.2, 0.25) is 0 Å². The lowest BCUT2D eigenvalue weighted by molar-refractivity contribution is 0.0600. The van der Waals surface area contributed by atoms with Gasteiger partial charge in [0.05, 0.1) is 12.7 Å². The van der Waals surface area contributed by atoms with E-state index < -0.39 is 0 Å². The number of benzene rings is 3. The molecule has 0 aliphatic heterocycles. The lowest BCUT2D eigenvalue weighted by Crippen LogP contribution is -2.11. The van der Waals surface area contributed by atoms with Gasteiger partial charge in [-0.1, -0.05) is 18.2 Å². The van der Waals surface area contributed by atoms with Crippen molar-refractivity contribution in [1.29, 1.82) is 0 Å². The Morgan fingerprint density at radius 1 is 0.692 bits per heavy atom. The molecule has 0 bridgehead atoms. The van der Waals surface area contributed by atoms with E-state index in [1.807, 2.05) is 42.5 Å². The van der Waals surface area contributed by atoms with E-state index in [-0.39, 0.29) is 11.9 Å². The van der Waals surface area contributed by atoms with E-state index in [0.717, 1.165) is 11.4 Å². The van der Waals surface area contributed by atoms with Crippen molar-refractivity contribution >= 4 is 28.9 Å². The number of methoxy groups -OCH3 is 1. The fourth-order valence-electron chi connectivity index (χ4n) is 2.40. The Bertz CT molecular complexity index is 889. The largest absolute Gasteiger partial charge is 0.465 e. The van der Waals surface area contributed by atoms with Gasteiger partial charge in [0, 0.05) is 22.6 Å². The van der Waals surface area contributed by atoms with Crippen LogP contribution in [0.4, 0.5) is 17.1 Å². The van der Waals surface area contributed by atoms with Gasteiger partial charge < -0.3 is 15.4 Å². The minimum absolute atomic E-state index is 0.148. The molecule has 0 radical (unpaired) electrons. The minimum atomic E-state index is -0.366. The van der Waals surface area contributed by atoms with E-state index >= 15 is 0 Å². The molecule has 3 rings (SSSR count). The number of esters is 1. The predicted octanol–water partition coefficient (Wildman–Crippen LogP) is 4.47. The summed E-state index contributed by atoms with van der Waals surface area (Å²) in [6, 6.07) is 23.4. The molecule has 1 amide bonds. The molecular formula is C21H18N2O3. The van der Waals surface area contributed by atoms with E-state index in [1.54, 1.807) is 36.4 Å². The third-order valence-electron chi connectivity index (χ3n) is 3.77. The zero-order valence-corrected chi connectivity index (χ0v) is 14.2. The summed E-state index contributed by atoms with van der Waals surface area (Å²) >= 11 is 0. The number of ether oxygens (including phenoxy) is 1. The molecule has 0 atom stereocenters. The van der Waals surface area contributed by atoms with Crippen LogP contribution in [0.1, 0.15) is 20.7 Å². The molecule has 0 unspecified atom stereocenters. The molecule has 3 aromatic carbocycles. The topological polar surface area (TPSA) is 67.4 Å². The molecule has 0 saturated heterocycles. The van der Waals surface area contributed by atoms with E-state index in [4.69, 9.17) is 0 Å². The molecule has 0 spiro atoms. The van der Waals surface area contributed by atoms with Crippen molar-refractivity contribution in [2.24, 2.45) is 0 Å². The van der Waals surface area contributed by atoms with E-state index in [2.05, 4.69) is 15.4 Å². The molecule has 3 aromatic rings. The lowest BCUT2D eigenvalue weighted by Gasteiger charge is -2.09. The highest BCUT2D eigenvalue weighted by Crippen LogP contribution is 2.20. The average molecular weight is 346 g/mol. The maximum atomic E-state index is 12.1. The number of hydrogen-bond donors (Lipinski definition) is 2. The second kappa shape index (κ2) is 7.98. The van der Waals surface area contributed by atoms with Crippen molar-refractivity contribution in [2.75, 3.05) is 17.7 Å². The van der Waals surface area contributed by atoms with Crippen molar-refractivity contribution < 1.29 is 14.3 Å². The first-order valence-corrected chi connectivity index (χ1v) is 8.07. The fraction of sp³-hybridized carbons (Fsp3) is 0.0476. The lowest BCUT2D eigenvalue weighted by atomic mass is 10.2. The Morgan fingerprint density at radius 3 is 1.81 bits per heavy atom. The normalized spacial score (nSPS) is 10.0. The molecule has 0 aliphatic carbocycles. The SMILES string of the molecule is COC(=O)c1ccc(Nc2ccc(NC(=O)c3ccccc3)cc2)cc1. The molecule has 0 saturated carbocycles. The van der Waals surface area contributed by atoms with Gasteiger partial charge in [-0.15, -0.1) is 0 Å². The minimum Gasteiger partial charge on any atom is -0.465 e. The second-order valence-electron chi connectivity index (χ2n) is 5.59. The van der Waals surface area contributed by atoms with Crippen LogP contribution in [0.15, 0.2) is 78.9 Å². The fourth-order valence-corrected chi connectivity index (χ4v) is 2.40. The first kappa shape index (κ1) is 17.2. The van der Waals surface area contributed by atoms with Crippen LogP contribution in [-0.2, 0) is 4.74 Å². The number of nitrogens with one attached hydrogen (secondary N) is 2. The molecule has 5 nitrogen and oxygen atoms in total. The van der Waals surface area contributed by atoms with Gasteiger partial charge in [0.15, 0.2) is 0 Å². The Hall–Kier alpha value is -3.60. The van der Waals surface area contributed by atoms with Crippen LogP contribution in [0.2, 0.25) is 0 Å². The van der Waals surface area contributed by atoms with Gasteiger partial charge in [0.25, 0.3) is 5.91 Å². The predicted molar refractivity (Wildman–Crippen MR) is 102 cm³/mol. The number of amides is 1. The van der Waals surface area contributed by atoms with Crippen LogP contribution in [0.5, 0.6) is 0 Å². The van der Waals surface area contributed by atoms with Crippen LogP contribution < -0.4 is 10.6 Å². The Kier molecular flexibility index (Phi) is 5.29. The Morgan fingerprint density at radius 2 is 1.23 bits per heavy atom. The number of anilines is 3. The Labute approximate surface area is 151 Å². The standard InChI is InChI=1S/C21H18N2O3/c1-26-21(25)16-7-9-17(10-8-16)22-18-11-13-19(14-12-18)23-20(24)15-5-3-2-4-6-15/h2-14,22H,1H3,(H,23,24). The maximum Gasteiger partial charge on any atom is 0.337 e. The summed E-state index contributed by atoms with van der Waals surface area (Å²) in [5.41, 5.74) is 3.54. The molecule has 26 heavy (non-hydrogen) atoms. The van der Waals surface area contributed by atoms with E-state index in [0.29, 0.717) is 16.8 Å². The van der Waals surface area contributed by atoms with Crippen molar-refractivity contribution in [3.63, 3.8) is 0 Å². The molecule has 2 N–H and O–H groups in total. The summed E-state index contributed by atoms with van der Waals surface area (Å²) in [5, 5.41) is 6.09. The molecule has 0 fully saturated rings. The number of rotatable bonds is 5. The Balaban J connectivity index is 1.62. The van der Waals surface area contributed by atoms with Gasteiger partial charge in [-0.25, -0.2) is 4.79 Å². The quantitative estimate of drug-likeness (QED) is 0.669. The second-order valence-corrected chi connectivity index (χ2v) is 5.59. The van der Waals surface area contributed by atoms with Gasteiger partial charge in [-0.05, 0) is 60.7 Å². The summed E-state index contributed by atoms with van der Waals surface area (Å²) in [5.74, 6) is -0.514. The average Bonchev–Trinajstić information content (AvgIpc) is 2.70.